The van der Waals surface area contributed by atoms with Gasteiger partial charge in [-0.3, -0.25) is 0 Å². The van der Waals surface area contributed by atoms with Crippen molar-refractivity contribution >= 4 is 22.6 Å². The minimum absolute atomic E-state index is 0.164. The summed E-state index contributed by atoms with van der Waals surface area (Å²) in [7, 11) is 0. The van der Waals surface area contributed by atoms with Crippen LogP contribution in [-0.2, 0) is 0 Å². The molecule has 1 heterocycles. The number of benzene rings is 1. The number of fused-ring (bicyclic) bond motifs is 1. The number of hydrogen-bond acceptors (Lipinski definition) is 2. The predicted molar refractivity (Wildman–Crippen MR) is 47.5 cm³/mol. The SMILES string of the molecule is O=c1cc(Cl)c2ccc(F)cc2o1. The Kier molecular flexibility index (Phi) is 1.81. The third-order valence-corrected chi connectivity index (χ3v) is 1.97. The maximum absolute atomic E-state index is 12.7. The molecule has 0 aliphatic heterocycles. The highest BCUT2D eigenvalue weighted by atomic mass is 35.5. The highest BCUT2D eigenvalue weighted by molar-refractivity contribution is 6.35. The van der Waals surface area contributed by atoms with E-state index in [1.54, 1.807) is 0 Å². The van der Waals surface area contributed by atoms with Crippen LogP contribution >= 0.6 is 11.6 Å². The Balaban J connectivity index is 2.94. The van der Waals surface area contributed by atoms with Gasteiger partial charge in [-0.05, 0) is 12.1 Å². The summed E-state index contributed by atoms with van der Waals surface area (Å²) in [6, 6.07) is 5.01. The first-order chi connectivity index (χ1) is 6.16. The molecule has 13 heavy (non-hydrogen) atoms. The predicted octanol–water partition coefficient (Wildman–Crippen LogP) is 2.59. The first kappa shape index (κ1) is 8.26. The van der Waals surface area contributed by atoms with E-state index in [4.69, 9.17) is 16.0 Å². The fourth-order valence-corrected chi connectivity index (χ4v) is 1.34. The Hall–Kier alpha value is -1.35. The van der Waals surface area contributed by atoms with E-state index in [1.807, 2.05) is 0 Å². The second-order valence-electron chi connectivity index (χ2n) is 2.55. The molecule has 66 valence electrons. The average Bonchev–Trinajstić information content (AvgIpc) is 2.02. The van der Waals surface area contributed by atoms with Crippen LogP contribution in [0.4, 0.5) is 4.39 Å². The van der Waals surface area contributed by atoms with Gasteiger partial charge in [0.05, 0.1) is 5.02 Å². The normalized spacial score (nSPS) is 10.6. The number of rotatable bonds is 0. The van der Waals surface area contributed by atoms with Crippen LogP contribution in [0.25, 0.3) is 11.0 Å². The largest absolute Gasteiger partial charge is 0.423 e. The molecule has 0 radical (unpaired) electrons. The summed E-state index contributed by atoms with van der Waals surface area (Å²) in [6.45, 7) is 0. The van der Waals surface area contributed by atoms with E-state index >= 15 is 0 Å². The van der Waals surface area contributed by atoms with Gasteiger partial charge in [-0.25, -0.2) is 9.18 Å². The fourth-order valence-electron chi connectivity index (χ4n) is 1.10. The summed E-state index contributed by atoms with van der Waals surface area (Å²) in [6.07, 6.45) is 0. The second kappa shape index (κ2) is 2.85. The zero-order valence-corrected chi connectivity index (χ0v) is 7.14. The molecule has 0 saturated carbocycles. The fraction of sp³-hybridized carbons (Fsp3) is 0. The Morgan fingerprint density at radius 2 is 2.08 bits per heavy atom. The first-order valence-corrected chi connectivity index (χ1v) is 3.93. The van der Waals surface area contributed by atoms with Crippen molar-refractivity contribution in [1.82, 2.24) is 0 Å². The van der Waals surface area contributed by atoms with E-state index in [1.165, 1.54) is 12.1 Å². The van der Waals surface area contributed by atoms with Gasteiger partial charge in [0, 0.05) is 17.5 Å². The van der Waals surface area contributed by atoms with Crippen molar-refractivity contribution < 1.29 is 8.81 Å². The highest BCUT2D eigenvalue weighted by Crippen LogP contribution is 2.21. The van der Waals surface area contributed by atoms with Crippen LogP contribution in [-0.4, -0.2) is 0 Å². The quantitative estimate of drug-likeness (QED) is 0.609. The van der Waals surface area contributed by atoms with Gasteiger partial charge in [-0.2, -0.15) is 0 Å². The van der Waals surface area contributed by atoms with Crippen LogP contribution in [0.5, 0.6) is 0 Å². The van der Waals surface area contributed by atoms with E-state index in [0.29, 0.717) is 5.39 Å². The van der Waals surface area contributed by atoms with Crippen molar-refractivity contribution in [2.45, 2.75) is 0 Å². The summed E-state index contributed by atoms with van der Waals surface area (Å²) < 4.78 is 17.4. The smallest absolute Gasteiger partial charge is 0.337 e. The highest BCUT2D eigenvalue weighted by Gasteiger charge is 2.03. The summed E-state index contributed by atoms with van der Waals surface area (Å²) in [5.74, 6) is -0.460. The first-order valence-electron chi connectivity index (χ1n) is 3.56. The molecule has 0 N–H and O–H groups in total. The third-order valence-electron chi connectivity index (χ3n) is 1.66. The molecule has 0 aliphatic rings. The van der Waals surface area contributed by atoms with Crippen LogP contribution in [0.3, 0.4) is 0 Å². The van der Waals surface area contributed by atoms with Crippen molar-refractivity contribution in [3.63, 3.8) is 0 Å². The molecule has 0 bridgehead atoms. The zero-order chi connectivity index (χ0) is 9.42. The summed E-state index contributed by atoms with van der Waals surface area (Å²) in [5, 5.41) is 0.800. The Morgan fingerprint density at radius 3 is 2.85 bits per heavy atom. The number of halogens is 2. The van der Waals surface area contributed by atoms with Gasteiger partial charge in [0.15, 0.2) is 0 Å². The van der Waals surface area contributed by atoms with Crippen molar-refractivity contribution in [3.8, 4) is 0 Å². The van der Waals surface area contributed by atoms with Crippen LogP contribution in [0.2, 0.25) is 5.02 Å². The van der Waals surface area contributed by atoms with Crippen molar-refractivity contribution in [2.24, 2.45) is 0 Å². The maximum atomic E-state index is 12.7. The molecule has 1 aromatic carbocycles. The lowest BCUT2D eigenvalue weighted by Crippen LogP contribution is -1.95. The van der Waals surface area contributed by atoms with E-state index in [-0.39, 0.29) is 10.6 Å². The molecular formula is C9H4ClFO2. The Morgan fingerprint density at radius 1 is 1.31 bits per heavy atom. The van der Waals surface area contributed by atoms with Gasteiger partial charge in [0.1, 0.15) is 11.4 Å². The van der Waals surface area contributed by atoms with E-state index in [2.05, 4.69) is 0 Å². The molecule has 2 rings (SSSR count). The second-order valence-corrected chi connectivity index (χ2v) is 2.96. The van der Waals surface area contributed by atoms with E-state index < -0.39 is 11.4 Å². The summed E-state index contributed by atoms with van der Waals surface area (Å²) in [4.78, 5) is 10.8. The van der Waals surface area contributed by atoms with Crippen LogP contribution in [0, 0.1) is 5.82 Å². The molecule has 0 fully saturated rings. The van der Waals surface area contributed by atoms with E-state index in [0.717, 1.165) is 12.1 Å². The van der Waals surface area contributed by atoms with Gasteiger partial charge in [0.25, 0.3) is 0 Å². The van der Waals surface area contributed by atoms with Gasteiger partial charge in [0.2, 0.25) is 0 Å². The van der Waals surface area contributed by atoms with Gasteiger partial charge >= 0.3 is 5.63 Å². The molecule has 0 amide bonds. The minimum atomic E-state index is -0.580. The lowest BCUT2D eigenvalue weighted by Gasteiger charge is -1.97. The average molecular weight is 199 g/mol. The molecule has 1 aromatic heterocycles. The lowest BCUT2D eigenvalue weighted by atomic mass is 10.2. The van der Waals surface area contributed by atoms with Gasteiger partial charge in [-0.15, -0.1) is 0 Å². The molecule has 4 heteroatoms. The monoisotopic (exact) mass is 198 g/mol. The molecule has 0 spiro atoms. The minimum Gasteiger partial charge on any atom is -0.423 e. The molecule has 0 unspecified atom stereocenters. The van der Waals surface area contributed by atoms with Gasteiger partial charge < -0.3 is 4.42 Å². The molecule has 0 saturated heterocycles. The standard InChI is InChI=1S/C9H4ClFO2/c10-7-4-9(12)13-8-3-5(11)1-2-6(7)8/h1-4H. The Labute approximate surface area is 77.5 Å². The molecule has 2 nitrogen and oxygen atoms in total. The number of hydrogen-bond donors (Lipinski definition) is 0. The van der Waals surface area contributed by atoms with E-state index in [9.17, 15) is 9.18 Å². The molecular weight excluding hydrogens is 195 g/mol. The van der Waals surface area contributed by atoms with Crippen molar-refractivity contribution in [1.29, 1.82) is 0 Å². The van der Waals surface area contributed by atoms with Crippen LogP contribution in [0.1, 0.15) is 0 Å². The van der Waals surface area contributed by atoms with Crippen molar-refractivity contribution in [3.05, 3.63) is 45.5 Å². The zero-order valence-electron chi connectivity index (χ0n) is 6.38. The lowest BCUT2D eigenvalue weighted by molar-refractivity contribution is 0.554. The Bertz CT molecular complexity index is 518. The molecule has 0 aliphatic carbocycles. The maximum Gasteiger partial charge on any atom is 0.337 e. The molecule has 0 atom stereocenters. The molecule has 2 aromatic rings. The van der Waals surface area contributed by atoms with Crippen LogP contribution in [0.15, 0.2) is 33.5 Å². The van der Waals surface area contributed by atoms with Gasteiger partial charge in [-0.1, -0.05) is 11.6 Å². The summed E-state index contributed by atoms with van der Waals surface area (Å²) in [5.41, 5.74) is -0.416. The summed E-state index contributed by atoms with van der Waals surface area (Å²) >= 11 is 5.73. The van der Waals surface area contributed by atoms with Crippen LogP contribution < -0.4 is 5.63 Å². The third kappa shape index (κ3) is 1.42. The van der Waals surface area contributed by atoms with Crippen molar-refractivity contribution in [2.75, 3.05) is 0 Å². The topological polar surface area (TPSA) is 30.2 Å².